The van der Waals surface area contributed by atoms with Crippen molar-refractivity contribution in [1.82, 2.24) is 24.8 Å². The molecule has 3 N–H and O–H groups in total. The molecule has 1 saturated heterocycles. The van der Waals surface area contributed by atoms with Gasteiger partial charge in [0.05, 0.1) is 37.0 Å². The topological polar surface area (TPSA) is 133 Å². The molecule has 0 saturated carbocycles. The number of fused-ring (bicyclic) bond motifs is 1. The van der Waals surface area contributed by atoms with Crippen LogP contribution in [0.5, 0.6) is 5.88 Å². The lowest BCUT2D eigenvalue weighted by atomic mass is 9.86. The third kappa shape index (κ3) is 5.50. The number of benzene rings is 1. The molecule has 1 aliphatic rings. The number of nitrogens with one attached hydrogen (secondary N) is 2. The van der Waals surface area contributed by atoms with Crippen LogP contribution in [-0.4, -0.2) is 62.7 Å². The van der Waals surface area contributed by atoms with Gasteiger partial charge in [-0.2, -0.15) is 0 Å². The van der Waals surface area contributed by atoms with Crippen molar-refractivity contribution in [2.75, 3.05) is 32.1 Å². The van der Waals surface area contributed by atoms with Gasteiger partial charge in [0.25, 0.3) is 5.56 Å². The molecule has 10 heteroatoms. The molecule has 0 atom stereocenters. The number of aromatic nitrogens is 4. The van der Waals surface area contributed by atoms with E-state index in [1.165, 1.54) is 18.9 Å². The fourth-order valence-electron chi connectivity index (χ4n) is 5.08. The quantitative estimate of drug-likeness (QED) is 0.318. The average molecular weight is 515 g/mol. The molecule has 0 amide bonds. The van der Waals surface area contributed by atoms with Crippen LogP contribution >= 0.6 is 0 Å². The van der Waals surface area contributed by atoms with Crippen LogP contribution in [0, 0.1) is 6.92 Å². The van der Waals surface area contributed by atoms with Gasteiger partial charge >= 0.3 is 5.97 Å². The van der Waals surface area contributed by atoms with E-state index < -0.39 is 5.97 Å². The highest BCUT2D eigenvalue weighted by molar-refractivity contribution is 5.94. The highest BCUT2D eigenvalue weighted by atomic mass is 16.5. The summed E-state index contributed by atoms with van der Waals surface area (Å²) in [6.07, 6.45) is 6.93. The van der Waals surface area contributed by atoms with Crippen LogP contribution in [-0.2, 0) is 4.79 Å². The molecule has 10 nitrogen and oxygen atoms in total. The van der Waals surface area contributed by atoms with Gasteiger partial charge in [-0.05, 0) is 79.6 Å². The van der Waals surface area contributed by atoms with E-state index in [9.17, 15) is 9.59 Å². The first-order chi connectivity index (χ1) is 18.4. The number of methoxy groups -OCH3 is 1. The number of pyridine rings is 2. The zero-order chi connectivity index (χ0) is 26.6. The number of carboxylic acid groups (broad SMARTS) is 1. The Morgan fingerprint density at radius 1 is 1.16 bits per heavy atom. The van der Waals surface area contributed by atoms with E-state index in [0.717, 1.165) is 42.6 Å². The Balaban J connectivity index is 1.40. The average Bonchev–Trinajstić information content (AvgIpc) is 2.92. The lowest BCUT2D eigenvalue weighted by Crippen LogP contribution is -2.34. The molecule has 1 aliphatic heterocycles. The molecule has 5 rings (SSSR count). The summed E-state index contributed by atoms with van der Waals surface area (Å²) < 4.78 is 5.21. The number of hydrogen-bond donors (Lipinski definition) is 3. The first-order valence-corrected chi connectivity index (χ1v) is 12.6. The van der Waals surface area contributed by atoms with Crippen LogP contribution in [0.15, 0.2) is 53.7 Å². The molecule has 1 fully saturated rings. The number of aliphatic carboxylic acids is 1. The summed E-state index contributed by atoms with van der Waals surface area (Å²) in [6.45, 7) is 4.49. The van der Waals surface area contributed by atoms with E-state index in [0.29, 0.717) is 40.9 Å². The maximum Gasteiger partial charge on any atom is 0.304 e. The van der Waals surface area contributed by atoms with Gasteiger partial charge < -0.3 is 25.0 Å². The number of hydrogen-bond acceptors (Lipinski definition) is 8. The van der Waals surface area contributed by atoms with Crippen LogP contribution in [0.2, 0.25) is 0 Å². The molecule has 0 unspecified atom stereocenters. The Bertz CT molecular complexity index is 1530. The Kier molecular flexibility index (Phi) is 7.32. The normalized spacial score (nSPS) is 14.5. The van der Waals surface area contributed by atoms with Crippen molar-refractivity contribution in [3.05, 3.63) is 70.4 Å². The molecule has 196 valence electrons. The van der Waals surface area contributed by atoms with Crippen molar-refractivity contribution in [1.29, 1.82) is 0 Å². The maximum atomic E-state index is 12.8. The van der Waals surface area contributed by atoms with Crippen LogP contribution in [0.25, 0.3) is 22.2 Å². The Morgan fingerprint density at radius 2 is 1.97 bits per heavy atom. The van der Waals surface area contributed by atoms with Crippen LogP contribution in [0.3, 0.4) is 0 Å². The monoisotopic (exact) mass is 514 g/mol. The van der Waals surface area contributed by atoms with Gasteiger partial charge in [0.1, 0.15) is 11.5 Å². The fourth-order valence-corrected chi connectivity index (χ4v) is 5.08. The largest absolute Gasteiger partial charge is 0.481 e. The minimum absolute atomic E-state index is 0.182. The first kappa shape index (κ1) is 25.3. The summed E-state index contributed by atoms with van der Waals surface area (Å²) in [4.78, 5) is 42.0. The van der Waals surface area contributed by atoms with E-state index in [1.54, 1.807) is 12.4 Å². The minimum atomic E-state index is -0.753. The van der Waals surface area contributed by atoms with Crippen molar-refractivity contribution < 1.29 is 14.6 Å². The summed E-state index contributed by atoms with van der Waals surface area (Å²) in [6, 6.07) is 9.88. The Morgan fingerprint density at radius 3 is 2.71 bits per heavy atom. The van der Waals surface area contributed by atoms with E-state index >= 15 is 0 Å². The second-order valence-electron chi connectivity index (χ2n) is 9.53. The molecular weight excluding hydrogens is 484 g/mol. The van der Waals surface area contributed by atoms with E-state index in [-0.39, 0.29) is 12.0 Å². The number of piperidine rings is 1. The van der Waals surface area contributed by atoms with E-state index in [2.05, 4.69) is 44.2 Å². The van der Waals surface area contributed by atoms with Crippen LogP contribution < -0.4 is 15.6 Å². The third-order valence-corrected chi connectivity index (χ3v) is 7.04. The summed E-state index contributed by atoms with van der Waals surface area (Å²) >= 11 is 0. The number of rotatable bonds is 8. The van der Waals surface area contributed by atoms with Gasteiger partial charge in [-0.25, -0.2) is 9.97 Å². The molecule has 0 aliphatic carbocycles. The lowest BCUT2D eigenvalue weighted by molar-refractivity contribution is -0.137. The number of anilines is 2. The first-order valence-electron chi connectivity index (χ1n) is 12.6. The molecule has 4 heterocycles. The van der Waals surface area contributed by atoms with Gasteiger partial charge in [0.2, 0.25) is 5.88 Å². The molecule has 38 heavy (non-hydrogen) atoms. The van der Waals surface area contributed by atoms with E-state index in [1.807, 2.05) is 18.2 Å². The molecule has 1 aromatic carbocycles. The summed E-state index contributed by atoms with van der Waals surface area (Å²) in [5.74, 6) is 0.491. The maximum absolute atomic E-state index is 12.8. The number of aryl methyl sites for hydroxylation is 1. The predicted molar refractivity (Wildman–Crippen MR) is 145 cm³/mol. The zero-order valence-electron chi connectivity index (χ0n) is 21.4. The summed E-state index contributed by atoms with van der Waals surface area (Å²) in [5.41, 5.74) is 4.16. The van der Waals surface area contributed by atoms with Crippen molar-refractivity contribution in [3.63, 3.8) is 0 Å². The van der Waals surface area contributed by atoms with Crippen molar-refractivity contribution in [2.24, 2.45) is 0 Å². The molecule has 3 aromatic heterocycles. The second kappa shape index (κ2) is 11.0. The summed E-state index contributed by atoms with van der Waals surface area (Å²) in [7, 11) is 1.53. The minimum Gasteiger partial charge on any atom is -0.481 e. The zero-order valence-corrected chi connectivity index (χ0v) is 21.4. The smallest absolute Gasteiger partial charge is 0.304 e. The van der Waals surface area contributed by atoms with Gasteiger partial charge in [-0.15, -0.1) is 0 Å². The van der Waals surface area contributed by atoms with Gasteiger partial charge in [0, 0.05) is 18.4 Å². The Hall–Kier alpha value is -4.31. The lowest BCUT2D eigenvalue weighted by Gasteiger charge is -2.32. The standard InChI is InChI=1S/C28H30N6O4/c1-17-13-20(3-4-21(17)18-6-10-34(11-7-18)12-8-25(35)36)31-27-26-19(5-9-30-28(26)37)14-22(33-27)23-15-29-16-24(32-23)38-2/h3-5,9,13-16,18H,6-8,10-12H2,1-2H3,(H,30,37)(H,31,33)(H,35,36). The van der Waals surface area contributed by atoms with Crippen molar-refractivity contribution in [3.8, 4) is 17.3 Å². The van der Waals surface area contributed by atoms with Crippen molar-refractivity contribution >= 4 is 28.2 Å². The predicted octanol–water partition coefficient (Wildman–Crippen LogP) is 4.09. The van der Waals surface area contributed by atoms with E-state index in [4.69, 9.17) is 14.8 Å². The fraction of sp³-hybridized carbons (Fsp3) is 0.321. The number of carbonyl (C=O) groups is 1. The SMILES string of the molecule is COc1cncc(-c2cc3cc[nH]c(=O)c3c(Nc3ccc(C4CCN(CCC(=O)O)CC4)c(C)c3)n2)n1. The molecular formula is C28H30N6O4. The van der Waals surface area contributed by atoms with Gasteiger partial charge in [0.15, 0.2) is 0 Å². The number of H-pyrrole nitrogens is 1. The van der Waals surface area contributed by atoms with Crippen molar-refractivity contribution in [2.45, 2.75) is 32.1 Å². The summed E-state index contributed by atoms with van der Waals surface area (Å²) in [5, 5.41) is 13.5. The molecule has 0 radical (unpaired) electrons. The number of ether oxygens (including phenoxy) is 1. The van der Waals surface area contributed by atoms with Crippen LogP contribution in [0.1, 0.15) is 36.3 Å². The second-order valence-corrected chi connectivity index (χ2v) is 9.53. The molecule has 0 spiro atoms. The number of aromatic amines is 1. The highest BCUT2D eigenvalue weighted by Gasteiger charge is 2.22. The number of carboxylic acids is 1. The van der Waals surface area contributed by atoms with Gasteiger partial charge in [-0.3, -0.25) is 14.6 Å². The molecule has 0 bridgehead atoms. The number of likely N-dealkylation sites (tertiary alicyclic amines) is 1. The third-order valence-electron chi connectivity index (χ3n) is 7.04. The number of nitrogens with zero attached hydrogens (tertiary/aromatic N) is 4. The highest BCUT2D eigenvalue weighted by Crippen LogP contribution is 2.33. The van der Waals surface area contributed by atoms with Crippen LogP contribution in [0.4, 0.5) is 11.5 Å². The van der Waals surface area contributed by atoms with Gasteiger partial charge in [-0.1, -0.05) is 6.07 Å². The molecule has 4 aromatic rings. The Labute approximate surface area is 219 Å².